The molecule has 0 amide bonds. The molecule has 1 aromatic carbocycles. The number of aromatic amines is 1. The number of rotatable bonds is 6. The van der Waals surface area contributed by atoms with E-state index in [2.05, 4.69) is 4.98 Å². The molecule has 25 heavy (non-hydrogen) atoms. The summed E-state index contributed by atoms with van der Waals surface area (Å²) in [6, 6.07) is 6.60. The molecular formula is C19H23NO5. The number of aryl methyl sites for hydroxylation is 1. The Bertz CT molecular complexity index is 774. The first-order valence-corrected chi connectivity index (χ1v) is 8.02. The normalized spacial score (nSPS) is 13.2. The number of aliphatic hydroxyl groups excluding tert-OH is 1. The Morgan fingerprint density at radius 3 is 2.20 bits per heavy atom. The van der Waals surface area contributed by atoms with Gasteiger partial charge in [-0.3, -0.25) is 4.79 Å². The number of hydrogen-bond acceptors (Lipinski definition) is 5. The van der Waals surface area contributed by atoms with E-state index in [4.69, 9.17) is 9.47 Å². The zero-order valence-corrected chi connectivity index (χ0v) is 15.0. The minimum atomic E-state index is -0.932. The van der Waals surface area contributed by atoms with Gasteiger partial charge >= 0.3 is 5.97 Å². The van der Waals surface area contributed by atoms with Gasteiger partial charge in [-0.1, -0.05) is 0 Å². The maximum Gasteiger partial charge on any atom is 0.355 e. The van der Waals surface area contributed by atoms with Crippen molar-refractivity contribution in [2.75, 3.05) is 7.11 Å². The van der Waals surface area contributed by atoms with Crippen molar-refractivity contribution >= 4 is 11.8 Å². The molecule has 0 fully saturated rings. The van der Waals surface area contributed by atoms with Gasteiger partial charge in [0.15, 0.2) is 6.10 Å². The lowest BCUT2D eigenvalue weighted by molar-refractivity contribution is 0.0313. The zero-order valence-electron chi connectivity index (χ0n) is 15.0. The van der Waals surface area contributed by atoms with Gasteiger partial charge in [-0.15, -0.1) is 0 Å². The van der Waals surface area contributed by atoms with Gasteiger partial charge in [0.05, 0.1) is 13.2 Å². The predicted molar refractivity (Wildman–Crippen MR) is 93.1 cm³/mol. The van der Waals surface area contributed by atoms with Crippen molar-refractivity contribution in [3.8, 4) is 5.75 Å². The van der Waals surface area contributed by atoms with Gasteiger partial charge in [0.25, 0.3) is 0 Å². The minimum absolute atomic E-state index is 0.253. The number of carbonyl (C=O) groups excluding carboxylic acids is 2. The van der Waals surface area contributed by atoms with E-state index in [0.717, 1.165) is 0 Å². The van der Waals surface area contributed by atoms with Crippen molar-refractivity contribution in [2.24, 2.45) is 0 Å². The van der Waals surface area contributed by atoms with E-state index in [1.54, 1.807) is 52.1 Å². The molecule has 0 saturated heterocycles. The van der Waals surface area contributed by atoms with Crippen LogP contribution in [0.4, 0.5) is 0 Å². The Labute approximate surface area is 146 Å². The molecule has 1 aromatic heterocycles. The van der Waals surface area contributed by atoms with E-state index < -0.39 is 18.2 Å². The maximum absolute atomic E-state index is 12.4. The molecule has 6 heteroatoms. The molecule has 0 aliphatic heterocycles. The maximum atomic E-state index is 12.4. The van der Waals surface area contributed by atoms with Gasteiger partial charge in [-0.25, -0.2) is 4.79 Å². The highest BCUT2D eigenvalue weighted by molar-refractivity contribution is 6.01. The van der Waals surface area contributed by atoms with Crippen molar-refractivity contribution in [1.29, 1.82) is 0 Å². The van der Waals surface area contributed by atoms with Crippen LogP contribution in [0.3, 0.4) is 0 Å². The summed E-state index contributed by atoms with van der Waals surface area (Å²) < 4.78 is 10.4. The van der Waals surface area contributed by atoms with Crippen LogP contribution in [0.2, 0.25) is 0 Å². The first kappa shape index (κ1) is 18.7. The number of ketones is 1. The van der Waals surface area contributed by atoms with Crippen LogP contribution in [0.25, 0.3) is 0 Å². The van der Waals surface area contributed by atoms with Crippen molar-refractivity contribution in [3.05, 3.63) is 52.3 Å². The summed E-state index contributed by atoms with van der Waals surface area (Å²) in [5.41, 5.74) is 2.68. The highest BCUT2D eigenvalue weighted by atomic mass is 16.5. The molecule has 1 heterocycles. The summed E-state index contributed by atoms with van der Waals surface area (Å²) in [4.78, 5) is 27.7. The number of hydrogen-bond donors (Lipinski definition) is 2. The van der Waals surface area contributed by atoms with Crippen LogP contribution in [-0.4, -0.2) is 35.1 Å². The molecule has 2 N–H and O–H groups in total. The molecule has 134 valence electrons. The van der Waals surface area contributed by atoms with Crippen LogP contribution in [0, 0.1) is 13.8 Å². The topological polar surface area (TPSA) is 88.6 Å². The minimum Gasteiger partial charge on any atom is -0.497 e. The second-order valence-electron chi connectivity index (χ2n) is 5.98. The molecule has 6 nitrogen and oxygen atoms in total. The molecule has 0 bridgehead atoms. The van der Waals surface area contributed by atoms with Gasteiger partial charge in [0.1, 0.15) is 11.4 Å². The number of esters is 1. The monoisotopic (exact) mass is 345 g/mol. The van der Waals surface area contributed by atoms with Gasteiger partial charge < -0.3 is 19.6 Å². The lowest BCUT2D eigenvalue weighted by atomic mass is 10.1. The third-order valence-corrected chi connectivity index (χ3v) is 4.14. The predicted octanol–water partition coefficient (Wildman–Crippen LogP) is 3.12. The van der Waals surface area contributed by atoms with E-state index >= 15 is 0 Å². The van der Waals surface area contributed by atoms with Crippen LogP contribution in [0.1, 0.15) is 57.6 Å². The van der Waals surface area contributed by atoms with E-state index in [1.807, 2.05) is 0 Å². The number of aromatic nitrogens is 1. The molecule has 2 aromatic rings. The van der Waals surface area contributed by atoms with E-state index in [-0.39, 0.29) is 11.5 Å². The van der Waals surface area contributed by atoms with Crippen LogP contribution in [0.15, 0.2) is 24.3 Å². The van der Waals surface area contributed by atoms with E-state index in [0.29, 0.717) is 28.1 Å². The van der Waals surface area contributed by atoms with E-state index in [9.17, 15) is 14.7 Å². The molecule has 0 aliphatic rings. The summed E-state index contributed by atoms with van der Waals surface area (Å²) >= 11 is 0. The third-order valence-electron chi connectivity index (χ3n) is 4.14. The highest BCUT2D eigenvalue weighted by Crippen LogP contribution is 2.25. The van der Waals surface area contributed by atoms with Crippen molar-refractivity contribution in [3.63, 3.8) is 0 Å². The Kier molecular flexibility index (Phi) is 5.64. The van der Waals surface area contributed by atoms with Crippen LogP contribution < -0.4 is 4.74 Å². The molecule has 0 radical (unpaired) electrons. The SMILES string of the molecule is COc1ccc(C(=O)[C@@H](C)OC(=O)c2[nH]c(C)c([C@@H](C)O)c2C)cc1. The van der Waals surface area contributed by atoms with Crippen LogP contribution in [0.5, 0.6) is 5.75 Å². The van der Waals surface area contributed by atoms with Gasteiger partial charge in [-0.05, 0) is 57.5 Å². The fraction of sp³-hybridized carbons (Fsp3) is 0.368. The average molecular weight is 345 g/mol. The van der Waals surface area contributed by atoms with Crippen molar-refractivity contribution < 1.29 is 24.2 Å². The first-order chi connectivity index (χ1) is 11.8. The van der Waals surface area contributed by atoms with Crippen LogP contribution in [-0.2, 0) is 4.74 Å². The first-order valence-electron chi connectivity index (χ1n) is 8.02. The van der Waals surface area contributed by atoms with Gasteiger partial charge in [-0.2, -0.15) is 0 Å². The zero-order chi connectivity index (χ0) is 18.7. The second kappa shape index (κ2) is 7.53. The van der Waals surface area contributed by atoms with Crippen molar-refractivity contribution in [1.82, 2.24) is 4.98 Å². The smallest absolute Gasteiger partial charge is 0.355 e. The highest BCUT2D eigenvalue weighted by Gasteiger charge is 2.25. The summed E-state index contributed by atoms with van der Waals surface area (Å²) in [6.45, 7) is 6.68. The number of methoxy groups -OCH3 is 1. The number of benzene rings is 1. The molecule has 0 saturated carbocycles. The van der Waals surface area contributed by atoms with Crippen LogP contribution >= 0.6 is 0 Å². The fourth-order valence-electron chi connectivity index (χ4n) is 2.86. The summed E-state index contributed by atoms with van der Waals surface area (Å²) in [5, 5.41) is 9.81. The van der Waals surface area contributed by atoms with Gasteiger partial charge in [0, 0.05) is 16.8 Å². The Morgan fingerprint density at radius 1 is 1.12 bits per heavy atom. The number of nitrogens with one attached hydrogen (secondary N) is 1. The third kappa shape index (κ3) is 3.91. The molecule has 0 aliphatic carbocycles. The fourth-order valence-corrected chi connectivity index (χ4v) is 2.86. The number of Topliss-reactive ketones (excluding diaryl/α,β-unsaturated/α-hetero) is 1. The number of aliphatic hydroxyl groups is 1. The number of carbonyl (C=O) groups is 2. The lowest BCUT2D eigenvalue weighted by Crippen LogP contribution is -2.25. The molecule has 0 unspecified atom stereocenters. The Balaban J connectivity index is 2.14. The molecule has 2 rings (SSSR count). The largest absolute Gasteiger partial charge is 0.497 e. The molecule has 0 spiro atoms. The second-order valence-corrected chi connectivity index (χ2v) is 5.98. The average Bonchev–Trinajstić information content (AvgIpc) is 2.88. The van der Waals surface area contributed by atoms with E-state index in [1.165, 1.54) is 6.92 Å². The lowest BCUT2D eigenvalue weighted by Gasteiger charge is -2.13. The molecule has 2 atom stereocenters. The quantitative estimate of drug-likeness (QED) is 0.620. The summed E-state index contributed by atoms with van der Waals surface area (Å²) in [6.07, 6.45) is -1.63. The number of ether oxygens (including phenoxy) is 2. The van der Waals surface area contributed by atoms with Crippen molar-refractivity contribution in [2.45, 2.75) is 39.9 Å². The number of H-pyrrole nitrogens is 1. The summed E-state index contributed by atoms with van der Waals surface area (Å²) in [5.74, 6) is -0.279. The standard InChI is InChI=1S/C19H23NO5/c1-10-16(12(3)21)11(2)20-17(10)19(23)25-13(4)18(22)14-6-8-15(24-5)9-7-14/h6-9,12-13,20-21H,1-5H3/t12-,13-/m1/s1. The summed E-state index contributed by atoms with van der Waals surface area (Å²) in [7, 11) is 1.55. The Hall–Kier alpha value is -2.60. The Morgan fingerprint density at radius 2 is 1.72 bits per heavy atom. The molecular weight excluding hydrogens is 322 g/mol. The van der Waals surface area contributed by atoms with Gasteiger partial charge in [0.2, 0.25) is 5.78 Å².